The Morgan fingerprint density at radius 3 is 2.81 bits per heavy atom. The Kier molecular flexibility index (Phi) is 5.83. The average Bonchev–Trinajstić information content (AvgIpc) is 3.41. The van der Waals surface area contributed by atoms with E-state index in [1.54, 1.807) is 4.90 Å². The molecule has 0 radical (unpaired) electrons. The Bertz CT molecular complexity index is 609. The van der Waals surface area contributed by atoms with Crippen molar-refractivity contribution in [3.05, 3.63) is 23.7 Å². The number of aliphatic hydroxyl groups is 1. The molecule has 150 valence electrons. The van der Waals surface area contributed by atoms with Gasteiger partial charge in [-0.15, -0.1) is 0 Å². The van der Waals surface area contributed by atoms with Crippen LogP contribution in [0.25, 0.3) is 0 Å². The quantitative estimate of drug-likeness (QED) is 0.714. The van der Waals surface area contributed by atoms with Crippen molar-refractivity contribution >= 4 is 5.91 Å². The van der Waals surface area contributed by atoms with E-state index in [2.05, 4.69) is 5.32 Å². The molecule has 0 aromatic heterocycles. The van der Waals surface area contributed by atoms with Crippen LogP contribution in [0.2, 0.25) is 0 Å². The molecule has 4 rings (SSSR count). The summed E-state index contributed by atoms with van der Waals surface area (Å²) >= 11 is 0. The molecular formula is C21H31FN2O3. The lowest BCUT2D eigenvalue weighted by Gasteiger charge is -2.36. The molecule has 2 aliphatic heterocycles. The maximum Gasteiger partial charge on any atom is 0.223 e. The molecule has 4 aliphatic rings. The Morgan fingerprint density at radius 2 is 2.11 bits per heavy atom. The van der Waals surface area contributed by atoms with Crippen LogP contribution < -0.4 is 5.32 Å². The molecule has 0 aromatic carbocycles. The lowest BCUT2D eigenvalue weighted by molar-refractivity contribution is -0.142. The molecule has 27 heavy (non-hydrogen) atoms. The monoisotopic (exact) mass is 378 g/mol. The Labute approximate surface area is 160 Å². The first kappa shape index (κ1) is 18.9. The molecular weight excluding hydrogens is 347 g/mol. The first-order chi connectivity index (χ1) is 13.1. The number of β-amino-alcohol motifs (C(OH)–C–C–N with tert-alkyl or cyclic N) is 1. The van der Waals surface area contributed by atoms with Crippen molar-refractivity contribution in [3.63, 3.8) is 0 Å². The van der Waals surface area contributed by atoms with Crippen molar-refractivity contribution in [2.24, 2.45) is 23.7 Å². The molecule has 1 amide bonds. The number of likely N-dealkylation sites (tertiary alicyclic amines) is 1. The van der Waals surface area contributed by atoms with Crippen LogP contribution in [-0.2, 0) is 9.53 Å². The van der Waals surface area contributed by atoms with E-state index in [0.29, 0.717) is 31.9 Å². The zero-order valence-electron chi connectivity index (χ0n) is 15.9. The van der Waals surface area contributed by atoms with Gasteiger partial charge in [0, 0.05) is 31.5 Å². The number of nitrogens with zero attached hydrogens (tertiary/aromatic N) is 1. The van der Waals surface area contributed by atoms with Gasteiger partial charge in [0.25, 0.3) is 0 Å². The number of carbonyl (C=O) groups excluding carboxylic acids is 1. The van der Waals surface area contributed by atoms with Gasteiger partial charge in [0.15, 0.2) is 0 Å². The Hall–Kier alpha value is -1.40. The minimum atomic E-state index is -0.415. The van der Waals surface area contributed by atoms with Crippen LogP contribution >= 0.6 is 0 Å². The van der Waals surface area contributed by atoms with Crippen molar-refractivity contribution in [1.82, 2.24) is 10.2 Å². The highest BCUT2D eigenvalue weighted by Crippen LogP contribution is 2.49. The van der Waals surface area contributed by atoms with E-state index in [9.17, 15) is 14.3 Å². The number of nitrogens with one attached hydrogen (secondary N) is 1. The molecule has 5 nitrogen and oxygen atoms in total. The Morgan fingerprint density at radius 1 is 1.33 bits per heavy atom. The highest BCUT2D eigenvalue weighted by molar-refractivity contribution is 5.77. The second-order valence-electron chi connectivity index (χ2n) is 8.61. The molecule has 1 unspecified atom stereocenters. The highest BCUT2D eigenvalue weighted by atomic mass is 19.1. The number of aliphatic hydroxyl groups excluding tert-OH is 1. The summed E-state index contributed by atoms with van der Waals surface area (Å²) in [5, 5.41) is 12.7. The van der Waals surface area contributed by atoms with Gasteiger partial charge in [-0.25, -0.2) is 4.39 Å². The molecule has 0 bridgehead atoms. The summed E-state index contributed by atoms with van der Waals surface area (Å²) in [4.78, 5) is 13.6. The standard InChI is InChI=1S/C21H31FN2O3/c22-20-11-18(2-1-16(20)10-21(26)24-12-17(25)13-24)27-8-5-15-9-19(15)14-3-6-23-7-4-14/h2,11,14-17,19,23,25H,1,3-10,12-13H2/t15-,16?,19-/m1/s1. The predicted octanol–water partition coefficient (Wildman–Crippen LogP) is 2.38. The van der Waals surface area contributed by atoms with Gasteiger partial charge in [0.2, 0.25) is 5.91 Å². The summed E-state index contributed by atoms with van der Waals surface area (Å²) in [6.07, 6.45) is 8.59. The fraction of sp³-hybridized carbons (Fsp3) is 0.762. The van der Waals surface area contributed by atoms with E-state index < -0.39 is 12.0 Å². The number of ether oxygens (including phenoxy) is 1. The van der Waals surface area contributed by atoms with E-state index in [1.165, 1.54) is 25.3 Å². The van der Waals surface area contributed by atoms with Crippen LogP contribution in [0.4, 0.5) is 4.39 Å². The molecule has 0 aromatic rings. The topological polar surface area (TPSA) is 61.8 Å². The van der Waals surface area contributed by atoms with Gasteiger partial charge in [-0.2, -0.15) is 0 Å². The number of hydrogen-bond acceptors (Lipinski definition) is 4. The number of amides is 1. The van der Waals surface area contributed by atoms with Crippen LogP contribution in [0.3, 0.4) is 0 Å². The second kappa shape index (κ2) is 8.31. The number of piperidine rings is 1. The van der Waals surface area contributed by atoms with Crippen LogP contribution in [0, 0.1) is 23.7 Å². The van der Waals surface area contributed by atoms with Crippen molar-refractivity contribution < 1.29 is 19.0 Å². The lowest BCUT2D eigenvalue weighted by atomic mass is 9.91. The van der Waals surface area contributed by atoms with Crippen LogP contribution in [-0.4, -0.2) is 54.8 Å². The van der Waals surface area contributed by atoms with Gasteiger partial charge in [-0.05, 0) is 69.0 Å². The summed E-state index contributed by atoms with van der Waals surface area (Å²) in [7, 11) is 0. The number of hydrogen-bond donors (Lipinski definition) is 2. The summed E-state index contributed by atoms with van der Waals surface area (Å²) in [6, 6.07) is 0. The molecule has 2 aliphatic carbocycles. The van der Waals surface area contributed by atoms with Gasteiger partial charge < -0.3 is 20.1 Å². The van der Waals surface area contributed by atoms with E-state index in [1.807, 2.05) is 6.08 Å². The van der Waals surface area contributed by atoms with Crippen molar-refractivity contribution in [1.29, 1.82) is 0 Å². The zero-order chi connectivity index (χ0) is 18.8. The van der Waals surface area contributed by atoms with E-state index in [-0.39, 0.29) is 18.2 Å². The van der Waals surface area contributed by atoms with Crippen molar-refractivity contribution in [2.45, 2.75) is 44.6 Å². The molecule has 3 fully saturated rings. The minimum absolute atomic E-state index is 0.0793. The van der Waals surface area contributed by atoms with Gasteiger partial charge in [-0.3, -0.25) is 4.79 Å². The third kappa shape index (κ3) is 4.72. The van der Waals surface area contributed by atoms with Crippen LogP contribution in [0.15, 0.2) is 23.7 Å². The van der Waals surface area contributed by atoms with E-state index in [0.717, 1.165) is 37.3 Å². The number of allylic oxidation sites excluding steroid dienone is 3. The van der Waals surface area contributed by atoms with Crippen LogP contribution in [0.5, 0.6) is 0 Å². The van der Waals surface area contributed by atoms with Crippen LogP contribution in [0.1, 0.15) is 38.5 Å². The van der Waals surface area contributed by atoms with Gasteiger partial charge in [0.1, 0.15) is 11.6 Å². The minimum Gasteiger partial charge on any atom is -0.494 e. The van der Waals surface area contributed by atoms with Gasteiger partial charge in [0.05, 0.1) is 12.7 Å². The third-order valence-electron chi connectivity index (χ3n) is 6.63. The van der Waals surface area contributed by atoms with E-state index in [4.69, 9.17) is 4.74 Å². The predicted molar refractivity (Wildman–Crippen MR) is 100 cm³/mol. The number of rotatable bonds is 7. The second-order valence-corrected chi connectivity index (χ2v) is 8.61. The first-order valence-corrected chi connectivity index (χ1v) is 10.5. The molecule has 1 saturated carbocycles. The molecule has 2 heterocycles. The maximum atomic E-state index is 14.3. The number of halogens is 1. The average molecular weight is 378 g/mol. The SMILES string of the molecule is O=C(CC1CC=C(OCC[C@@H]2C[C@@H]2C2CCNCC2)C=C1F)N1CC(O)C1. The molecule has 6 heteroatoms. The zero-order valence-corrected chi connectivity index (χ0v) is 15.9. The lowest BCUT2D eigenvalue weighted by Crippen LogP contribution is -2.53. The molecule has 2 saturated heterocycles. The van der Waals surface area contributed by atoms with Crippen molar-refractivity contribution in [2.75, 3.05) is 32.8 Å². The highest BCUT2D eigenvalue weighted by Gasteiger charge is 2.42. The fourth-order valence-electron chi connectivity index (χ4n) is 4.74. The maximum absolute atomic E-state index is 14.3. The third-order valence-corrected chi connectivity index (χ3v) is 6.63. The fourth-order valence-corrected chi connectivity index (χ4v) is 4.74. The largest absolute Gasteiger partial charge is 0.494 e. The van der Waals surface area contributed by atoms with E-state index >= 15 is 0 Å². The van der Waals surface area contributed by atoms with Gasteiger partial charge >= 0.3 is 0 Å². The first-order valence-electron chi connectivity index (χ1n) is 10.5. The van der Waals surface area contributed by atoms with Crippen molar-refractivity contribution in [3.8, 4) is 0 Å². The Balaban J connectivity index is 1.15. The number of carbonyl (C=O) groups is 1. The summed E-state index contributed by atoms with van der Waals surface area (Å²) in [5.74, 6) is 2.41. The van der Waals surface area contributed by atoms with Gasteiger partial charge in [-0.1, -0.05) is 0 Å². The molecule has 0 spiro atoms. The summed E-state index contributed by atoms with van der Waals surface area (Å²) < 4.78 is 20.1. The molecule has 3 atom stereocenters. The smallest absolute Gasteiger partial charge is 0.223 e. The normalized spacial score (nSPS) is 31.8. The summed E-state index contributed by atoms with van der Waals surface area (Å²) in [5.41, 5.74) is 0. The molecule has 2 N–H and O–H groups in total. The summed E-state index contributed by atoms with van der Waals surface area (Å²) in [6.45, 7) is 3.71.